The largest absolute Gasteiger partial charge is 0.368 e. The van der Waals surface area contributed by atoms with E-state index in [9.17, 15) is 0 Å². The van der Waals surface area contributed by atoms with Crippen LogP contribution in [-0.2, 0) is 4.74 Å². The Labute approximate surface area is 67.7 Å². The summed E-state index contributed by atoms with van der Waals surface area (Å²) in [6.45, 7) is 2.81. The summed E-state index contributed by atoms with van der Waals surface area (Å²) in [6.07, 6.45) is 2.38. The summed E-state index contributed by atoms with van der Waals surface area (Å²) in [5.74, 6) is 0. The van der Waals surface area contributed by atoms with Crippen molar-refractivity contribution in [2.75, 3.05) is 26.9 Å². The third-order valence-electron chi connectivity index (χ3n) is 1.86. The first kappa shape index (κ1) is 8.93. The lowest BCUT2D eigenvalue weighted by atomic mass is 10.1. The van der Waals surface area contributed by atoms with E-state index in [-0.39, 0.29) is 0 Å². The molecule has 0 radical (unpaired) electrons. The molecule has 1 fully saturated rings. The van der Waals surface area contributed by atoms with E-state index >= 15 is 0 Å². The van der Waals surface area contributed by atoms with Crippen LogP contribution in [-0.4, -0.2) is 33.0 Å². The second-order valence-corrected chi connectivity index (χ2v) is 2.78. The Balaban J connectivity index is 1.96. The Morgan fingerprint density at radius 1 is 1.45 bits per heavy atom. The predicted octanol–water partition coefficient (Wildman–Crippen LogP) is -0.563. The van der Waals surface area contributed by atoms with Crippen LogP contribution in [0.2, 0.25) is 0 Å². The first-order valence-corrected chi connectivity index (χ1v) is 4.11. The summed E-state index contributed by atoms with van der Waals surface area (Å²) >= 11 is 0. The minimum Gasteiger partial charge on any atom is -0.368 e. The molecule has 4 heteroatoms. The van der Waals surface area contributed by atoms with Gasteiger partial charge in [-0.2, -0.15) is 0 Å². The van der Waals surface area contributed by atoms with Crippen molar-refractivity contribution in [1.29, 1.82) is 0 Å². The third-order valence-corrected chi connectivity index (χ3v) is 1.86. The van der Waals surface area contributed by atoms with Gasteiger partial charge in [0.2, 0.25) is 0 Å². The molecule has 0 aliphatic carbocycles. The zero-order chi connectivity index (χ0) is 7.94. The van der Waals surface area contributed by atoms with Gasteiger partial charge in [-0.3, -0.25) is 5.43 Å². The minimum absolute atomic E-state index is 0.573. The number of nitrogens with one attached hydrogen (secondary N) is 3. The Bertz CT molecular complexity index is 93.7. The first-order chi connectivity index (χ1) is 5.43. The molecule has 1 rings (SSSR count). The van der Waals surface area contributed by atoms with E-state index in [1.54, 1.807) is 7.11 Å². The monoisotopic (exact) mass is 159 g/mol. The number of hydrazine groups is 1. The molecule has 4 nitrogen and oxygen atoms in total. The predicted molar refractivity (Wildman–Crippen MR) is 44.0 cm³/mol. The zero-order valence-electron chi connectivity index (χ0n) is 7.02. The molecule has 0 aromatic carbocycles. The van der Waals surface area contributed by atoms with Crippen LogP contribution >= 0.6 is 0 Å². The standard InChI is InChI=1S/C7H17N3O/c1-11-6-9-10-7-2-4-8-5-3-7/h7-10H,2-6H2,1H3. The van der Waals surface area contributed by atoms with E-state index in [1.165, 1.54) is 12.8 Å². The summed E-state index contributed by atoms with van der Waals surface area (Å²) in [7, 11) is 1.68. The van der Waals surface area contributed by atoms with Crippen LogP contribution in [0.4, 0.5) is 0 Å². The first-order valence-electron chi connectivity index (χ1n) is 4.11. The summed E-state index contributed by atoms with van der Waals surface area (Å²) in [4.78, 5) is 0. The molecule has 0 aromatic heterocycles. The van der Waals surface area contributed by atoms with Gasteiger partial charge in [0.1, 0.15) is 6.73 Å². The van der Waals surface area contributed by atoms with Crippen molar-refractivity contribution in [3.63, 3.8) is 0 Å². The van der Waals surface area contributed by atoms with Gasteiger partial charge in [0.25, 0.3) is 0 Å². The van der Waals surface area contributed by atoms with Crippen molar-refractivity contribution in [3.05, 3.63) is 0 Å². The fourth-order valence-electron chi connectivity index (χ4n) is 1.22. The van der Waals surface area contributed by atoms with E-state index < -0.39 is 0 Å². The average Bonchev–Trinajstić information content (AvgIpc) is 2.07. The van der Waals surface area contributed by atoms with Crippen molar-refractivity contribution in [2.45, 2.75) is 18.9 Å². The van der Waals surface area contributed by atoms with Gasteiger partial charge in [0, 0.05) is 13.2 Å². The van der Waals surface area contributed by atoms with E-state index in [2.05, 4.69) is 16.2 Å². The highest BCUT2D eigenvalue weighted by atomic mass is 16.5. The maximum absolute atomic E-state index is 4.84. The quantitative estimate of drug-likeness (QED) is 0.292. The number of piperidine rings is 1. The van der Waals surface area contributed by atoms with Gasteiger partial charge in [-0.25, -0.2) is 5.43 Å². The lowest BCUT2D eigenvalue weighted by molar-refractivity contribution is 0.150. The van der Waals surface area contributed by atoms with Crippen molar-refractivity contribution in [2.24, 2.45) is 0 Å². The van der Waals surface area contributed by atoms with Crippen LogP contribution in [0.3, 0.4) is 0 Å². The lowest BCUT2D eigenvalue weighted by Crippen LogP contribution is -2.46. The van der Waals surface area contributed by atoms with Crippen LogP contribution in [0.15, 0.2) is 0 Å². The average molecular weight is 159 g/mol. The van der Waals surface area contributed by atoms with Gasteiger partial charge >= 0.3 is 0 Å². The van der Waals surface area contributed by atoms with E-state index in [0.717, 1.165) is 13.1 Å². The molecule has 11 heavy (non-hydrogen) atoms. The maximum Gasteiger partial charge on any atom is 0.108 e. The third kappa shape index (κ3) is 3.67. The molecule has 1 aliphatic rings. The Morgan fingerprint density at radius 2 is 2.18 bits per heavy atom. The highest BCUT2D eigenvalue weighted by Gasteiger charge is 2.10. The molecular weight excluding hydrogens is 142 g/mol. The highest BCUT2D eigenvalue weighted by Crippen LogP contribution is 1.99. The van der Waals surface area contributed by atoms with Crippen molar-refractivity contribution < 1.29 is 4.74 Å². The summed E-state index contributed by atoms with van der Waals surface area (Å²) in [6, 6.07) is 0.603. The Hall–Kier alpha value is -0.160. The minimum atomic E-state index is 0.573. The molecule has 1 aliphatic heterocycles. The lowest BCUT2D eigenvalue weighted by Gasteiger charge is -2.23. The number of rotatable bonds is 4. The van der Waals surface area contributed by atoms with Gasteiger partial charge < -0.3 is 10.1 Å². The molecule has 0 spiro atoms. The Kier molecular flexibility index (Phi) is 4.45. The second kappa shape index (κ2) is 5.49. The number of hydrogen-bond donors (Lipinski definition) is 3. The van der Waals surface area contributed by atoms with Crippen LogP contribution in [0, 0.1) is 0 Å². The molecular formula is C7H17N3O. The van der Waals surface area contributed by atoms with Crippen LogP contribution in [0.1, 0.15) is 12.8 Å². The van der Waals surface area contributed by atoms with E-state index in [0.29, 0.717) is 12.8 Å². The topological polar surface area (TPSA) is 45.3 Å². The van der Waals surface area contributed by atoms with E-state index in [1.807, 2.05) is 0 Å². The molecule has 0 saturated carbocycles. The van der Waals surface area contributed by atoms with Crippen LogP contribution in [0.5, 0.6) is 0 Å². The molecule has 0 bridgehead atoms. The van der Waals surface area contributed by atoms with Gasteiger partial charge in [-0.05, 0) is 25.9 Å². The molecule has 1 heterocycles. The molecule has 3 N–H and O–H groups in total. The molecule has 66 valence electrons. The summed E-state index contributed by atoms with van der Waals surface area (Å²) in [5, 5.41) is 3.31. The molecule has 0 aromatic rings. The number of hydrogen-bond acceptors (Lipinski definition) is 4. The van der Waals surface area contributed by atoms with E-state index in [4.69, 9.17) is 4.74 Å². The second-order valence-electron chi connectivity index (χ2n) is 2.78. The fraction of sp³-hybridized carbons (Fsp3) is 1.00. The van der Waals surface area contributed by atoms with Gasteiger partial charge in [-0.1, -0.05) is 0 Å². The Morgan fingerprint density at radius 3 is 2.82 bits per heavy atom. The summed E-state index contributed by atoms with van der Waals surface area (Å²) < 4.78 is 4.84. The smallest absolute Gasteiger partial charge is 0.108 e. The van der Waals surface area contributed by atoms with Crippen molar-refractivity contribution in [1.82, 2.24) is 16.2 Å². The number of methoxy groups -OCH3 is 1. The van der Waals surface area contributed by atoms with Crippen LogP contribution in [0.25, 0.3) is 0 Å². The van der Waals surface area contributed by atoms with Crippen molar-refractivity contribution in [3.8, 4) is 0 Å². The van der Waals surface area contributed by atoms with Crippen LogP contribution < -0.4 is 16.2 Å². The SMILES string of the molecule is COCNNC1CCNCC1. The van der Waals surface area contributed by atoms with Crippen molar-refractivity contribution >= 4 is 0 Å². The summed E-state index contributed by atoms with van der Waals surface area (Å²) in [5.41, 5.74) is 6.21. The normalized spacial score (nSPS) is 20.5. The molecule has 0 amide bonds. The zero-order valence-corrected chi connectivity index (χ0v) is 7.02. The van der Waals surface area contributed by atoms with Gasteiger partial charge in [-0.15, -0.1) is 0 Å². The fourth-order valence-corrected chi connectivity index (χ4v) is 1.22. The maximum atomic E-state index is 4.84. The van der Waals surface area contributed by atoms with Gasteiger partial charge in [0.15, 0.2) is 0 Å². The highest BCUT2D eigenvalue weighted by molar-refractivity contribution is 4.71. The molecule has 1 saturated heterocycles. The number of ether oxygens (including phenoxy) is 1. The molecule has 0 unspecified atom stereocenters. The molecule has 0 atom stereocenters. The van der Waals surface area contributed by atoms with Gasteiger partial charge in [0.05, 0.1) is 0 Å².